The van der Waals surface area contributed by atoms with E-state index in [-0.39, 0.29) is 12.7 Å². The second-order valence-electron chi connectivity index (χ2n) is 3.28. The highest BCUT2D eigenvalue weighted by molar-refractivity contribution is 6.42. The van der Waals surface area contributed by atoms with Crippen molar-refractivity contribution in [1.82, 2.24) is 0 Å². The SMILES string of the molecule is OCCC1COc2cc(Cl)c(Cl)cc2O1. The van der Waals surface area contributed by atoms with Crippen molar-refractivity contribution >= 4 is 23.2 Å². The maximum atomic E-state index is 8.78. The normalized spacial score (nSPS) is 19.0. The van der Waals surface area contributed by atoms with E-state index in [9.17, 15) is 0 Å². The molecule has 1 heterocycles. The highest BCUT2D eigenvalue weighted by Gasteiger charge is 2.21. The first-order chi connectivity index (χ1) is 7.20. The molecule has 0 saturated carbocycles. The van der Waals surface area contributed by atoms with E-state index in [1.807, 2.05) is 0 Å². The molecule has 1 aliphatic rings. The summed E-state index contributed by atoms with van der Waals surface area (Å²) < 4.78 is 11.0. The van der Waals surface area contributed by atoms with Crippen LogP contribution in [0.4, 0.5) is 0 Å². The number of benzene rings is 1. The van der Waals surface area contributed by atoms with Crippen LogP contribution in [0.3, 0.4) is 0 Å². The van der Waals surface area contributed by atoms with Crippen molar-refractivity contribution in [3.8, 4) is 11.5 Å². The molecule has 0 saturated heterocycles. The zero-order chi connectivity index (χ0) is 10.8. The van der Waals surface area contributed by atoms with E-state index in [2.05, 4.69) is 0 Å². The van der Waals surface area contributed by atoms with Gasteiger partial charge in [-0.25, -0.2) is 0 Å². The fraction of sp³-hybridized carbons (Fsp3) is 0.400. The molecule has 0 amide bonds. The average molecular weight is 249 g/mol. The molecule has 0 aromatic heterocycles. The quantitative estimate of drug-likeness (QED) is 0.875. The topological polar surface area (TPSA) is 38.7 Å². The lowest BCUT2D eigenvalue weighted by Gasteiger charge is -2.26. The number of aliphatic hydroxyl groups excluding tert-OH is 1. The third-order valence-electron chi connectivity index (χ3n) is 2.16. The molecule has 5 heteroatoms. The first-order valence-corrected chi connectivity index (χ1v) is 5.35. The van der Waals surface area contributed by atoms with Gasteiger partial charge in [0.2, 0.25) is 0 Å². The predicted molar refractivity (Wildman–Crippen MR) is 58.1 cm³/mol. The minimum Gasteiger partial charge on any atom is -0.486 e. The second-order valence-corrected chi connectivity index (χ2v) is 4.09. The molecule has 1 unspecified atom stereocenters. The largest absolute Gasteiger partial charge is 0.486 e. The minimum atomic E-state index is -0.125. The third-order valence-corrected chi connectivity index (χ3v) is 2.88. The Hall–Kier alpha value is -0.640. The van der Waals surface area contributed by atoms with Crippen molar-refractivity contribution < 1.29 is 14.6 Å². The van der Waals surface area contributed by atoms with Crippen LogP contribution in [0.1, 0.15) is 6.42 Å². The Bertz CT molecular complexity index is 368. The monoisotopic (exact) mass is 248 g/mol. The summed E-state index contributed by atoms with van der Waals surface area (Å²) >= 11 is 11.7. The van der Waals surface area contributed by atoms with E-state index in [1.165, 1.54) is 0 Å². The Morgan fingerprint density at radius 3 is 2.60 bits per heavy atom. The summed E-state index contributed by atoms with van der Waals surface area (Å²) in [6.45, 7) is 0.496. The third kappa shape index (κ3) is 2.30. The molecule has 1 aliphatic heterocycles. The number of hydrogen-bond acceptors (Lipinski definition) is 3. The number of hydrogen-bond donors (Lipinski definition) is 1. The van der Waals surface area contributed by atoms with Crippen LogP contribution in [-0.2, 0) is 0 Å². The lowest BCUT2D eigenvalue weighted by molar-refractivity contribution is 0.0704. The smallest absolute Gasteiger partial charge is 0.163 e. The summed E-state index contributed by atoms with van der Waals surface area (Å²) in [6.07, 6.45) is 0.416. The van der Waals surface area contributed by atoms with Gasteiger partial charge < -0.3 is 14.6 Å². The summed E-state index contributed by atoms with van der Waals surface area (Å²) in [5.74, 6) is 1.17. The summed E-state index contributed by atoms with van der Waals surface area (Å²) in [4.78, 5) is 0. The second kappa shape index (κ2) is 4.47. The standard InChI is InChI=1S/C10H10Cl2O3/c11-7-3-9-10(4-8(7)12)15-6(1-2-13)5-14-9/h3-4,6,13H,1-2,5H2. The molecule has 0 spiro atoms. The van der Waals surface area contributed by atoms with E-state index in [0.29, 0.717) is 34.6 Å². The molecule has 0 fully saturated rings. The van der Waals surface area contributed by atoms with E-state index in [0.717, 1.165) is 0 Å². The van der Waals surface area contributed by atoms with Crippen molar-refractivity contribution in [2.45, 2.75) is 12.5 Å². The van der Waals surface area contributed by atoms with Gasteiger partial charge in [-0.05, 0) is 0 Å². The number of rotatable bonds is 2. The highest BCUT2D eigenvalue weighted by atomic mass is 35.5. The zero-order valence-electron chi connectivity index (χ0n) is 7.87. The summed E-state index contributed by atoms with van der Waals surface area (Å²) in [5.41, 5.74) is 0. The van der Waals surface area contributed by atoms with E-state index in [1.54, 1.807) is 12.1 Å². The molecule has 1 aromatic carbocycles. The summed E-state index contributed by atoms with van der Waals surface area (Å²) in [5, 5.41) is 9.66. The van der Waals surface area contributed by atoms with Gasteiger partial charge in [-0.15, -0.1) is 0 Å². The lowest BCUT2D eigenvalue weighted by atomic mass is 10.2. The fourth-order valence-electron chi connectivity index (χ4n) is 1.40. The Kier molecular flexibility index (Phi) is 3.24. The molecular weight excluding hydrogens is 239 g/mol. The van der Waals surface area contributed by atoms with Gasteiger partial charge in [0.25, 0.3) is 0 Å². The predicted octanol–water partition coefficient (Wildman–Crippen LogP) is 2.52. The minimum absolute atomic E-state index is 0.0741. The molecule has 1 atom stereocenters. The van der Waals surface area contributed by atoms with Gasteiger partial charge in [0.15, 0.2) is 11.5 Å². The van der Waals surface area contributed by atoms with Crippen LogP contribution >= 0.6 is 23.2 Å². The number of ether oxygens (including phenoxy) is 2. The van der Waals surface area contributed by atoms with Gasteiger partial charge in [0, 0.05) is 25.2 Å². The van der Waals surface area contributed by atoms with Gasteiger partial charge >= 0.3 is 0 Å². The maximum Gasteiger partial charge on any atom is 0.163 e. The van der Waals surface area contributed by atoms with E-state index >= 15 is 0 Å². The van der Waals surface area contributed by atoms with Crippen LogP contribution in [0.5, 0.6) is 11.5 Å². The number of halogens is 2. The molecule has 2 rings (SSSR count). The Morgan fingerprint density at radius 1 is 1.27 bits per heavy atom. The van der Waals surface area contributed by atoms with Gasteiger partial charge in [0.1, 0.15) is 12.7 Å². The lowest BCUT2D eigenvalue weighted by Crippen LogP contribution is -2.29. The van der Waals surface area contributed by atoms with Crippen molar-refractivity contribution in [3.05, 3.63) is 22.2 Å². The van der Waals surface area contributed by atoms with Gasteiger partial charge in [0.05, 0.1) is 10.0 Å². The Labute approximate surface area is 97.5 Å². The zero-order valence-corrected chi connectivity index (χ0v) is 9.38. The molecule has 0 aliphatic carbocycles. The van der Waals surface area contributed by atoms with Crippen LogP contribution in [0.25, 0.3) is 0 Å². The van der Waals surface area contributed by atoms with Gasteiger partial charge in [-0.2, -0.15) is 0 Å². The van der Waals surface area contributed by atoms with Crippen LogP contribution in [0.2, 0.25) is 10.0 Å². The molecule has 15 heavy (non-hydrogen) atoms. The molecule has 0 radical (unpaired) electrons. The summed E-state index contributed by atoms with van der Waals surface area (Å²) in [7, 11) is 0. The highest BCUT2D eigenvalue weighted by Crippen LogP contribution is 2.38. The Balaban J connectivity index is 2.22. The fourth-order valence-corrected chi connectivity index (χ4v) is 1.71. The van der Waals surface area contributed by atoms with Gasteiger partial charge in [-0.1, -0.05) is 23.2 Å². The van der Waals surface area contributed by atoms with Crippen molar-refractivity contribution in [3.63, 3.8) is 0 Å². The molecule has 3 nitrogen and oxygen atoms in total. The summed E-state index contributed by atoms with van der Waals surface area (Å²) in [6, 6.07) is 3.26. The van der Waals surface area contributed by atoms with Gasteiger partial charge in [-0.3, -0.25) is 0 Å². The van der Waals surface area contributed by atoms with Crippen LogP contribution in [-0.4, -0.2) is 24.4 Å². The van der Waals surface area contributed by atoms with Crippen molar-refractivity contribution in [1.29, 1.82) is 0 Å². The molecule has 0 bridgehead atoms. The van der Waals surface area contributed by atoms with Crippen molar-refractivity contribution in [2.75, 3.05) is 13.2 Å². The average Bonchev–Trinajstić information content (AvgIpc) is 2.21. The first-order valence-electron chi connectivity index (χ1n) is 4.60. The molecular formula is C10H10Cl2O3. The van der Waals surface area contributed by atoms with Crippen LogP contribution in [0.15, 0.2) is 12.1 Å². The van der Waals surface area contributed by atoms with Crippen LogP contribution in [0, 0.1) is 0 Å². The number of fused-ring (bicyclic) bond motifs is 1. The maximum absolute atomic E-state index is 8.78. The van der Waals surface area contributed by atoms with Crippen molar-refractivity contribution in [2.24, 2.45) is 0 Å². The number of aliphatic hydroxyl groups is 1. The van der Waals surface area contributed by atoms with Crippen LogP contribution < -0.4 is 9.47 Å². The molecule has 1 aromatic rings. The van der Waals surface area contributed by atoms with E-state index < -0.39 is 0 Å². The molecule has 82 valence electrons. The first kappa shape index (κ1) is 10.9. The molecule has 1 N–H and O–H groups in total. The van der Waals surface area contributed by atoms with E-state index in [4.69, 9.17) is 37.8 Å². The Morgan fingerprint density at radius 2 is 1.93 bits per heavy atom.